The maximum Gasteiger partial charge on any atom is 0.273 e. The fourth-order valence-electron chi connectivity index (χ4n) is 3.09. The summed E-state index contributed by atoms with van der Waals surface area (Å²) in [6, 6.07) is 16.7. The van der Waals surface area contributed by atoms with Gasteiger partial charge in [-0.05, 0) is 54.4 Å². The Kier molecular flexibility index (Phi) is 7.54. The average Bonchev–Trinajstić information content (AvgIpc) is 3.28. The first-order chi connectivity index (χ1) is 16.1. The van der Waals surface area contributed by atoms with E-state index >= 15 is 0 Å². The van der Waals surface area contributed by atoms with Crippen LogP contribution >= 0.6 is 23.4 Å². The number of rotatable bonds is 9. The SMILES string of the molecule is COc1ccc(CCNC(=O)c2nnn(-c3ccc(Cl)cc3)c2CSc2ncccn2)cc1. The molecule has 0 saturated carbocycles. The Bertz CT molecular complexity index is 1200. The Morgan fingerprint density at radius 2 is 1.82 bits per heavy atom. The third-order valence-corrected chi connectivity index (χ3v) is 5.93. The van der Waals surface area contributed by atoms with E-state index in [0.717, 1.165) is 17.0 Å². The van der Waals surface area contributed by atoms with E-state index < -0.39 is 0 Å². The maximum absolute atomic E-state index is 13.0. The Balaban J connectivity index is 1.50. The highest BCUT2D eigenvalue weighted by Crippen LogP contribution is 2.23. The number of carbonyl (C=O) groups excluding carboxylic acids is 1. The van der Waals surface area contributed by atoms with Gasteiger partial charge in [0.25, 0.3) is 5.91 Å². The monoisotopic (exact) mass is 480 g/mol. The van der Waals surface area contributed by atoms with Crippen molar-refractivity contribution in [1.29, 1.82) is 0 Å². The number of aromatic nitrogens is 5. The third-order valence-electron chi connectivity index (χ3n) is 4.79. The van der Waals surface area contributed by atoms with Crippen LogP contribution in [0.25, 0.3) is 5.69 Å². The fraction of sp³-hybridized carbons (Fsp3) is 0.174. The number of halogens is 1. The summed E-state index contributed by atoms with van der Waals surface area (Å²) in [5.74, 6) is 0.931. The number of methoxy groups -OCH3 is 1. The van der Waals surface area contributed by atoms with Crippen molar-refractivity contribution in [2.24, 2.45) is 0 Å². The molecule has 0 saturated heterocycles. The normalized spacial score (nSPS) is 10.7. The molecule has 0 aliphatic rings. The molecule has 33 heavy (non-hydrogen) atoms. The van der Waals surface area contributed by atoms with Crippen molar-refractivity contribution in [3.05, 3.63) is 89.0 Å². The van der Waals surface area contributed by atoms with E-state index in [1.165, 1.54) is 11.8 Å². The second-order valence-electron chi connectivity index (χ2n) is 6.95. The number of hydrogen-bond acceptors (Lipinski definition) is 7. The van der Waals surface area contributed by atoms with Gasteiger partial charge < -0.3 is 10.1 Å². The summed E-state index contributed by atoms with van der Waals surface area (Å²) in [6.45, 7) is 0.466. The van der Waals surface area contributed by atoms with E-state index in [0.29, 0.717) is 34.6 Å². The van der Waals surface area contributed by atoms with E-state index in [9.17, 15) is 4.79 Å². The molecule has 2 aromatic carbocycles. The minimum absolute atomic E-state index is 0.267. The van der Waals surface area contributed by atoms with Gasteiger partial charge in [-0.3, -0.25) is 4.79 Å². The topological polar surface area (TPSA) is 94.8 Å². The largest absolute Gasteiger partial charge is 0.497 e. The first-order valence-corrected chi connectivity index (χ1v) is 11.5. The number of nitrogens with zero attached hydrogens (tertiary/aromatic N) is 5. The number of carbonyl (C=O) groups is 1. The van der Waals surface area contributed by atoms with Gasteiger partial charge in [-0.2, -0.15) is 0 Å². The Hall–Kier alpha value is -3.43. The molecule has 4 aromatic rings. The molecule has 10 heteroatoms. The van der Waals surface area contributed by atoms with Crippen molar-refractivity contribution < 1.29 is 9.53 Å². The standard InChI is InChI=1S/C23H21ClN6O2S/c1-32-19-9-3-16(4-10-19)11-14-25-22(31)21-20(15-33-23-26-12-2-13-27-23)30(29-28-21)18-7-5-17(24)6-8-18/h2-10,12-13H,11,14-15H2,1H3,(H,25,31). The van der Waals surface area contributed by atoms with Gasteiger partial charge in [-0.15, -0.1) is 5.10 Å². The van der Waals surface area contributed by atoms with Crippen LogP contribution in [0.4, 0.5) is 0 Å². The summed E-state index contributed by atoms with van der Waals surface area (Å²) in [5, 5.41) is 12.6. The Morgan fingerprint density at radius 1 is 1.09 bits per heavy atom. The molecule has 0 unspecified atom stereocenters. The number of hydrogen-bond donors (Lipinski definition) is 1. The predicted molar refractivity (Wildman–Crippen MR) is 127 cm³/mol. The summed E-state index contributed by atoms with van der Waals surface area (Å²) >= 11 is 7.43. The number of thioether (sulfide) groups is 1. The highest BCUT2D eigenvalue weighted by Gasteiger charge is 2.21. The van der Waals surface area contributed by atoms with Gasteiger partial charge >= 0.3 is 0 Å². The van der Waals surface area contributed by atoms with Gasteiger partial charge in [0, 0.05) is 29.7 Å². The van der Waals surface area contributed by atoms with E-state index in [1.54, 1.807) is 42.4 Å². The third kappa shape index (κ3) is 5.88. The van der Waals surface area contributed by atoms with Crippen molar-refractivity contribution in [1.82, 2.24) is 30.3 Å². The van der Waals surface area contributed by atoms with Crippen LogP contribution in [-0.2, 0) is 12.2 Å². The molecule has 2 aromatic heterocycles. The molecule has 0 fully saturated rings. The smallest absolute Gasteiger partial charge is 0.273 e. The van der Waals surface area contributed by atoms with Crippen LogP contribution in [0, 0.1) is 0 Å². The molecule has 0 atom stereocenters. The molecule has 1 N–H and O–H groups in total. The highest BCUT2D eigenvalue weighted by molar-refractivity contribution is 7.98. The molecule has 1 amide bonds. The molecule has 8 nitrogen and oxygen atoms in total. The molecule has 4 rings (SSSR count). The number of ether oxygens (including phenoxy) is 1. The predicted octanol–water partition coefficient (Wildman–Crippen LogP) is 3.98. The Labute approximate surface area is 200 Å². The lowest BCUT2D eigenvalue weighted by atomic mass is 10.1. The molecule has 168 valence electrons. The van der Waals surface area contributed by atoms with Gasteiger partial charge in [0.15, 0.2) is 10.9 Å². The van der Waals surface area contributed by atoms with Gasteiger partial charge in [0.2, 0.25) is 0 Å². The van der Waals surface area contributed by atoms with Crippen LogP contribution in [0.1, 0.15) is 21.7 Å². The first kappa shape index (κ1) is 22.8. The van der Waals surface area contributed by atoms with E-state index in [4.69, 9.17) is 16.3 Å². The second kappa shape index (κ2) is 10.9. The Morgan fingerprint density at radius 3 is 2.52 bits per heavy atom. The number of nitrogens with one attached hydrogen (secondary N) is 1. The van der Waals surface area contributed by atoms with Gasteiger partial charge in [-0.25, -0.2) is 14.6 Å². The second-order valence-corrected chi connectivity index (χ2v) is 8.33. The van der Waals surface area contributed by atoms with Crippen molar-refractivity contribution in [2.45, 2.75) is 17.3 Å². The lowest BCUT2D eigenvalue weighted by Crippen LogP contribution is -2.27. The summed E-state index contributed by atoms with van der Waals surface area (Å²) in [6.07, 6.45) is 4.04. The zero-order valence-electron chi connectivity index (χ0n) is 17.8. The molecular formula is C23H21ClN6O2S. The van der Waals surface area contributed by atoms with E-state index in [-0.39, 0.29) is 11.6 Å². The molecule has 2 heterocycles. The molecule has 0 spiro atoms. The number of amides is 1. The lowest BCUT2D eigenvalue weighted by Gasteiger charge is -2.09. The van der Waals surface area contributed by atoms with Crippen LogP contribution in [0.5, 0.6) is 5.75 Å². The van der Waals surface area contributed by atoms with Crippen molar-refractivity contribution in [2.75, 3.05) is 13.7 Å². The van der Waals surface area contributed by atoms with Gasteiger partial charge in [0.1, 0.15) is 5.75 Å². The van der Waals surface area contributed by atoms with Crippen molar-refractivity contribution >= 4 is 29.3 Å². The minimum Gasteiger partial charge on any atom is -0.497 e. The quantitative estimate of drug-likeness (QED) is 0.286. The molecule has 0 bridgehead atoms. The van der Waals surface area contributed by atoms with Crippen LogP contribution in [0.2, 0.25) is 5.02 Å². The van der Waals surface area contributed by atoms with Gasteiger partial charge in [0.05, 0.1) is 18.5 Å². The van der Waals surface area contributed by atoms with E-state index in [2.05, 4.69) is 25.6 Å². The summed E-state index contributed by atoms with van der Waals surface area (Å²) in [5.41, 5.74) is 2.77. The first-order valence-electron chi connectivity index (χ1n) is 10.2. The van der Waals surface area contributed by atoms with Crippen LogP contribution in [0.15, 0.2) is 72.1 Å². The van der Waals surface area contributed by atoms with Crippen molar-refractivity contribution in [3.8, 4) is 11.4 Å². The molecule has 0 aliphatic carbocycles. The zero-order chi connectivity index (χ0) is 23.0. The summed E-state index contributed by atoms with van der Waals surface area (Å²) in [7, 11) is 1.63. The van der Waals surface area contributed by atoms with Crippen LogP contribution < -0.4 is 10.1 Å². The van der Waals surface area contributed by atoms with Crippen LogP contribution in [0.3, 0.4) is 0 Å². The molecular weight excluding hydrogens is 460 g/mol. The highest BCUT2D eigenvalue weighted by atomic mass is 35.5. The minimum atomic E-state index is -0.284. The van der Waals surface area contributed by atoms with Gasteiger partial charge in [-0.1, -0.05) is 40.7 Å². The lowest BCUT2D eigenvalue weighted by molar-refractivity contribution is 0.0948. The van der Waals surface area contributed by atoms with Crippen molar-refractivity contribution in [3.63, 3.8) is 0 Å². The van der Waals surface area contributed by atoms with Crippen LogP contribution in [-0.4, -0.2) is 44.5 Å². The van der Waals surface area contributed by atoms with E-state index in [1.807, 2.05) is 36.4 Å². The zero-order valence-corrected chi connectivity index (χ0v) is 19.4. The molecule has 0 radical (unpaired) electrons. The summed E-state index contributed by atoms with van der Waals surface area (Å²) < 4.78 is 6.82. The average molecular weight is 481 g/mol. The summed E-state index contributed by atoms with van der Waals surface area (Å²) in [4.78, 5) is 21.4. The maximum atomic E-state index is 13.0. The number of benzene rings is 2. The molecule has 0 aliphatic heterocycles. The fourth-order valence-corrected chi connectivity index (χ4v) is 4.01.